The molecule has 2 aliphatic carbocycles. The fourth-order valence-electron chi connectivity index (χ4n) is 8.23. The first kappa shape index (κ1) is 32.4. The summed E-state index contributed by atoms with van der Waals surface area (Å²) in [7, 11) is 0. The summed E-state index contributed by atoms with van der Waals surface area (Å²) in [5.41, 5.74) is 0.141. The number of benzene rings is 1. The number of nitrogens with zero attached hydrogens (tertiary/aromatic N) is 6. The summed E-state index contributed by atoms with van der Waals surface area (Å²) < 4.78 is 48.0. The highest BCUT2D eigenvalue weighted by atomic mass is 35.5. The van der Waals surface area contributed by atoms with Crippen molar-refractivity contribution in [2.45, 2.75) is 62.7 Å². The lowest BCUT2D eigenvalue weighted by molar-refractivity contribution is -0.137. The van der Waals surface area contributed by atoms with E-state index in [1.807, 2.05) is 6.08 Å². The van der Waals surface area contributed by atoms with Crippen molar-refractivity contribution < 1.29 is 32.6 Å². The van der Waals surface area contributed by atoms with Crippen molar-refractivity contribution in [3.05, 3.63) is 86.3 Å². The number of likely N-dealkylation sites (tertiary alicyclic amines) is 1. The lowest BCUT2D eigenvalue weighted by atomic mass is 9.56. The zero-order valence-corrected chi connectivity index (χ0v) is 27.3. The fraction of sp³-hybridized carbons (Fsp3) is 0.412. The van der Waals surface area contributed by atoms with Gasteiger partial charge < -0.3 is 24.6 Å². The smallest absolute Gasteiger partial charge is 0.416 e. The van der Waals surface area contributed by atoms with Gasteiger partial charge in [0.15, 0.2) is 11.5 Å². The van der Waals surface area contributed by atoms with Gasteiger partial charge in [0, 0.05) is 35.5 Å². The van der Waals surface area contributed by atoms with Crippen molar-refractivity contribution in [3.8, 4) is 5.75 Å². The molecule has 16 heteroatoms. The molecule has 1 saturated heterocycles. The van der Waals surface area contributed by atoms with Gasteiger partial charge in [-0.15, -0.1) is 5.10 Å². The van der Waals surface area contributed by atoms with Gasteiger partial charge in [0.25, 0.3) is 11.5 Å². The maximum Gasteiger partial charge on any atom is 0.416 e. The number of nitrogens with one attached hydrogen (secondary N) is 1. The number of ether oxygens (including phenoxy) is 1. The van der Waals surface area contributed by atoms with E-state index in [9.17, 15) is 32.7 Å². The Labute approximate surface area is 287 Å². The average Bonchev–Trinajstić information content (AvgIpc) is 3.68. The van der Waals surface area contributed by atoms with E-state index >= 15 is 0 Å². The van der Waals surface area contributed by atoms with Crippen LogP contribution in [0, 0.1) is 5.92 Å². The Morgan fingerprint density at radius 1 is 1.16 bits per heavy atom. The van der Waals surface area contributed by atoms with E-state index in [1.54, 1.807) is 15.5 Å². The van der Waals surface area contributed by atoms with Gasteiger partial charge in [0.1, 0.15) is 12.3 Å². The van der Waals surface area contributed by atoms with Crippen LogP contribution in [0.1, 0.15) is 65.2 Å². The number of piperidine rings is 1. The summed E-state index contributed by atoms with van der Waals surface area (Å²) >= 11 is 6.15. The second-order valence-corrected chi connectivity index (χ2v) is 13.6. The highest BCUT2D eigenvalue weighted by Gasteiger charge is 2.58. The Morgan fingerprint density at radius 3 is 2.70 bits per heavy atom. The minimum absolute atomic E-state index is 0.0117. The molecule has 3 aromatic heterocycles. The zero-order chi connectivity index (χ0) is 34.9. The van der Waals surface area contributed by atoms with Gasteiger partial charge in [-0.05, 0) is 80.3 Å². The molecule has 12 nitrogen and oxygen atoms in total. The number of alkyl halides is 3. The van der Waals surface area contributed by atoms with Crippen molar-refractivity contribution in [2.75, 3.05) is 25.1 Å². The second-order valence-electron chi connectivity index (χ2n) is 13.2. The van der Waals surface area contributed by atoms with Crippen molar-refractivity contribution >= 4 is 40.5 Å². The van der Waals surface area contributed by atoms with Crippen LogP contribution in [0.4, 0.5) is 18.9 Å². The minimum Gasteiger partial charge on any atom is -0.505 e. The first-order valence-electron chi connectivity index (χ1n) is 16.4. The van der Waals surface area contributed by atoms with Crippen LogP contribution < -0.4 is 10.9 Å². The molecule has 2 N–H and O–H groups in total. The predicted molar refractivity (Wildman–Crippen MR) is 174 cm³/mol. The standard InChI is InChI=1S/C34H31ClF3N7O5/c35-21-16-19(34(36,37)38)3-5-22(21)40-26(47)17-44-24-7-10-33(27(24)30(48)45-32(44)41-29(42-45)18-8-14-50-15-9-18)11-13-43(23-6-4-20(23)33)31(49)28-25(46)2-1-12-39-28/h1-3,5,8,12,16,20,23,46H,4,6-7,9-11,13-15,17H2,(H,40,47)/t20-,23+,33-/m1/s1. The highest BCUT2D eigenvalue weighted by Crippen LogP contribution is 2.56. The van der Waals surface area contributed by atoms with Crippen molar-refractivity contribution in [3.63, 3.8) is 0 Å². The summed E-state index contributed by atoms with van der Waals surface area (Å²) in [6.07, 6.45) is 2.34. The predicted octanol–water partition coefficient (Wildman–Crippen LogP) is 4.61. The van der Waals surface area contributed by atoms with E-state index < -0.39 is 23.1 Å². The largest absolute Gasteiger partial charge is 0.505 e. The van der Waals surface area contributed by atoms with Gasteiger partial charge in [-0.2, -0.15) is 22.7 Å². The Kier molecular flexibility index (Phi) is 7.75. The van der Waals surface area contributed by atoms with E-state index in [-0.39, 0.29) is 57.9 Å². The Balaban J connectivity index is 1.18. The number of amides is 2. The number of halogens is 4. The molecule has 3 atom stereocenters. The monoisotopic (exact) mass is 709 g/mol. The Morgan fingerprint density at radius 2 is 2.00 bits per heavy atom. The molecule has 1 saturated carbocycles. The molecule has 8 rings (SSSR count). The van der Waals surface area contributed by atoms with Crippen LogP contribution in [0.3, 0.4) is 0 Å². The first-order chi connectivity index (χ1) is 24.0. The molecule has 1 aromatic carbocycles. The summed E-state index contributed by atoms with van der Waals surface area (Å²) in [6, 6.07) is 5.51. The second kappa shape index (κ2) is 11.9. The molecule has 2 amide bonds. The van der Waals surface area contributed by atoms with Crippen molar-refractivity contribution in [1.82, 2.24) is 29.0 Å². The van der Waals surface area contributed by atoms with Crippen molar-refractivity contribution in [1.29, 1.82) is 0 Å². The topological polar surface area (TPSA) is 144 Å². The summed E-state index contributed by atoms with van der Waals surface area (Å²) in [5, 5.41) is 17.3. The summed E-state index contributed by atoms with van der Waals surface area (Å²) in [5.74, 6) is -0.657. The summed E-state index contributed by atoms with van der Waals surface area (Å²) in [4.78, 5) is 52.2. The van der Waals surface area contributed by atoms with E-state index in [4.69, 9.17) is 21.3 Å². The van der Waals surface area contributed by atoms with E-state index in [2.05, 4.69) is 15.4 Å². The number of rotatable bonds is 5. The van der Waals surface area contributed by atoms with E-state index in [0.29, 0.717) is 62.5 Å². The third-order valence-corrected chi connectivity index (χ3v) is 11.0. The highest BCUT2D eigenvalue weighted by molar-refractivity contribution is 6.33. The molecule has 0 bridgehead atoms. The van der Waals surface area contributed by atoms with Crippen LogP contribution in [-0.4, -0.2) is 71.8 Å². The van der Waals surface area contributed by atoms with E-state index in [0.717, 1.165) is 36.6 Å². The van der Waals surface area contributed by atoms with Gasteiger partial charge in [-0.25, -0.2) is 4.98 Å². The van der Waals surface area contributed by atoms with Crippen LogP contribution in [0.25, 0.3) is 11.4 Å². The van der Waals surface area contributed by atoms with Gasteiger partial charge in [-0.3, -0.25) is 14.4 Å². The van der Waals surface area contributed by atoms with Crippen LogP contribution in [-0.2, 0) is 34.1 Å². The third-order valence-electron chi connectivity index (χ3n) is 10.7. The Hall–Kier alpha value is -4.76. The Bertz CT molecular complexity index is 2160. The molecular formula is C34H31ClF3N7O5. The molecular weight excluding hydrogens is 679 g/mol. The molecule has 0 unspecified atom stereocenters. The van der Waals surface area contributed by atoms with Gasteiger partial charge >= 0.3 is 6.18 Å². The number of aromatic hydroxyl groups is 1. The first-order valence-corrected chi connectivity index (χ1v) is 16.8. The normalized spacial score (nSPS) is 23.0. The fourth-order valence-corrected chi connectivity index (χ4v) is 8.45. The number of carbonyl (C=O) groups is 2. The van der Waals surface area contributed by atoms with Gasteiger partial charge in [0.2, 0.25) is 11.7 Å². The lowest BCUT2D eigenvalue weighted by Gasteiger charge is -2.57. The lowest BCUT2D eigenvalue weighted by Crippen LogP contribution is -2.63. The maximum absolute atomic E-state index is 14.5. The van der Waals surface area contributed by atoms with Crippen molar-refractivity contribution in [2.24, 2.45) is 5.92 Å². The molecule has 4 aromatic rings. The number of hydrogen-bond acceptors (Lipinski definition) is 8. The molecule has 4 aliphatic rings. The average molecular weight is 710 g/mol. The summed E-state index contributed by atoms with van der Waals surface area (Å²) in [6.45, 7) is 0.877. The maximum atomic E-state index is 14.5. The van der Waals surface area contributed by atoms with Gasteiger partial charge in [-0.1, -0.05) is 17.7 Å². The van der Waals surface area contributed by atoms with E-state index in [1.165, 1.54) is 16.8 Å². The number of carbonyl (C=O) groups excluding carboxylic acids is 2. The molecule has 260 valence electrons. The molecule has 2 aliphatic heterocycles. The molecule has 2 fully saturated rings. The minimum atomic E-state index is -4.60. The zero-order valence-electron chi connectivity index (χ0n) is 26.5. The van der Waals surface area contributed by atoms with Crippen LogP contribution in [0.15, 0.2) is 47.4 Å². The molecule has 50 heavy (non-hydrogen) atoms. The quantitative estimate of drug-likeness (QED) is 0.306. The third kappa shape index (κ3) is 5.16. The van der Waals surface area contributed by atoms with Crippen LogP contribution in [0.2, 0.25) is 5.02 Å². The van der Waals surface area contributed by atoms with Crippen LogP contribution >= 0.6 is 11.6 Å². The number of fused-ring (bicyclic) bond motifs is 5. The number of pyridine rings is 1. The number of hydrogen-bond donors (Lipinski definition) is 2. The number of anilines is 1. The molecule has 5 heterocycles. The number of aromatic nitrogens is 5. The van der Waals surface area contributed by atoms with Gasteiger partial charge in [0.05, 0.1) is 29.5 Å². The molecule has 1 spiro atoms. The van der Waals surface area contributed by atoms with Crippen LogP contribution in [0.5, 0.6) is 5.75 Å². The molecule has 0 radical (unpaired) electrons. The SMILES string of the molecule is O=C(Cn1c2c(c(=O)n3nc(C4=CCOCC4)nc13)[C@]1(CC2)CCN(C(=O)c2ncccc2O)[C@H]2CC[C@H]21)Nc1ccc(C(F)(F)F)cc1Cl.